The monoisotopic (exact) mass is 224 g/mol. The van der Waals surface area contributed by atoms with Crippen molar-refractivity contribution in [2.75, 3.05) is 13.2 Å². The van der Waals surface area contributed by atoms with E-state index in [2.05, 4.69) is 15.5 Å². The number of aromatic amines is 1. The Morgan fingerprint density at radius 3 is 3.25 bits per heavy atom. The number of hydrogen-bond acceptors (Lipinski definition) is 4. The fraction of sp³-hybridized carbons (Fsp3) is 0.600. The molecule has 1 amide bonds. The molecule has 0 aliphatic carbocycles. The van der Waals surface area contributed by atoms with Crippen molar-refractivity contribution >= 4 is 5.91 Å². The van der Waals surface area contributed by atoms with E-state index in [4.69, 9.17) is 10.5 Å². The van der Waals surface area contributed by atoms with Crippen molar-refractivity contribution in [1.82, 2.24) is 15.5 Å². The summed E-state index contributed by atoms with van der Waals surface area (Å²) in [4.78, 5) is 12.0. The first kappa shape index (κ1) is 11.1. The topological polar surface area (TPSA) is 93.0 Å². The number of nitrogens with one attached hydrogen (secondary N) is 2. The molecule has 1 aliphatic rings. The van der Waals surface area contributed by atoms with E-state index in [0.717, 1.165) is 5.69 Å². The number of carbonyl (C=O) groups is 1. The van der Waals surface area contributed by atoms with E-state index in [-0.39, 0.29) is 11.9 Å². The van der Waals surface area contributed by atoms with Gasteiger partial charge in [-0.2, -0.15) is 5.10 Å². The van der Waals surface area contributed by atoms with Crippen molar-refractivity contribution in [2.45, 2.75) is 19.5 Å². The number of H-pyrrole nitrogens is 1. The highest BCUT2D eigenvalue weighted by molar-refractivity contribution is 5.83. The molecule has 1 aromatic rings. The molecule has 16 heavy (non-hydrogen) atoms. The lowest BCUT2D eigenvalue weighted by Gasteiger charge is -2.25. The first-order valence-corrected chi connectivity index (χ1v) is 5.23. The van der Waals surface area contributed by atoms with Gasteiger partial charge in [-0.25, -0.2) is 0 Å². The summed E-state index contributed by atoms with van der Waals surface area (Å²) in [5.41, 5.74) is 6.10. The Balaban J connectivity index is 1.93. The Morgan fingerprint density at radius 1 is 1.88 bits per heavy atom. The Kier molecular flexibility index (Phi) is 2.93. The van der Waals surface area contributed by atoms with Gasteiger partial charge in [0.1, 0.15) is 0 Å². The summed E-state index contributed by atoms with van der Waals surface area (Å²) in [5, 5.41) is 9.41. The molecule has 6 nitrogen and oxygen atoms in total. The average molecular weight is 224 g/mol. The van der Waals surface area contributed by atoms with Gasteiger partial charge in [-0.3, -0.25) is 9.89 Å². The zero-order valence-electron chi connectivity index (χ0n) is 9.19. The van der Waals surface area contributed by atoms with Crippen LogP contribution >= 0.6 is 0 Å². The summed E-state index contributed by atoms with van der Waals surface area (Å²) in [5.74, 6) is -0.0768. The lowest BCUT2D eigenvalue weighted by molar-refractivity contribution is -0.130. The highest BCUT2D eigenvalue weighted by Gasteiger charge is 2.44. The van der Waals surface area contributed by atoms with Crippen molar-refractivity contribution in [3.05, 3.63) is 18.0 Å². The van der Waals surface area contributed by atoms with Crippen molar-refractivity contribution in [3.63, 3.8) is 0 Å². The predicted molar refractivity (Wildman–Crippen MR) is 57.3 cm³/mol. The number of amides is 1. The maximum absolute atomic E-state index is 12.0. The predicted octanol–water partition coefficient (Wildman–Crippen LogP) is -0.610. The van der Waals surface area contributed by atoms with Crippen LogP contribution in [0.5, 0.6) is 0 Å². The standard InChI is InChI=1S/C10H16N4O2/c1-10(6-16-5-8(10)11)9(15)12-4-7-2-3-13-14-7/h2-3,8H,4-6,11H2,1H3,(H,12,15)(H,13,14). The van der Waals surface area contributed by atoms with Gasteiger partial charge in [-0.1, -0.05) is 0 Å². The Morgan fingerprint density at radius 2 is 2.69 bits per heavy atom. The van der Waals surface area contributed by atoms with Gasteiger partial charge in [-0.05, 0) is 13.0 Å². The normalized spacial score (nSPS) is 29.2. The molecular weight excluding hydrogens is 208 g/mol. The van der Waals surface area contributed by atoms with Gasteiger partial charge in [0.25, 0.3) is 0 Å². The van der Waals surface area contributed by atoms with E-state index in [1.54, 1.807) is 6.20 Å². The zero-order chi connectivity index (χ0) is 11.6. The summed E-state index contributed by atoms with van der Waals surface area (Å²) in [7, 11) is 0. The summed E-state index contributed by atoms with van der Waals surface area (Å²) in [6.07, 6.45) is 1.65. The number of ether oxygens (including phenoxy) is 1. The molecule has 2 heterocycles. The highest BCUT2D eigenvalue weighted by atomic mass is 16.5. The molecule has 6 heteroatoms. The van der Waals surface area contributed by atoms with Gasteiger partial charge in [0.2, 0.25) is 5.91 Å². The Hall–Kier alpha value is -1.40. The van der Waals surface area contributed by atoms with Crippen LogP contribution in [-0.4, -0.2) is 35.4 Å². The minimum atomic E-state index is -0.625. The number of nitrogens with zero attached hydrogens (tertiary/aromatic N) is 1. The van der Waals surface area contributed by atoms with Gasteiger partial charge in [0.15, 0.2) is 0 Å². The van der Waals surface area contributed by atoms with E-state index >= 15 is 0 Å². The molecule has 4 N–H and O–H groups in total. The second-order valence-corrected chi connectivity index (χ2v) is 4.30. The molecule has 1 aliphatic heterocycles. The average Bonchev–Trinajstić information content (AvgIpc) is 2.87. The maximum Gasteiger partial charge on any atom is 0.230 e. The van der Waals surface area contributed by atoms with E-state index in [1.165, 1.54) is 0 Å². The molecule has 0 aromatic carbocycles. The molecule has 88 valence electrons. The fourth-order valence-electron chi connectivity index (χ4n) is 1.68. The van der Waals surface area contributed by atoms with Gasteiger partial charge in [-0.15, -0.1) is 0 Å². The van der Waals surface area contributed by atoms with Crippen LogP contribution < -0.4 is 11.1 Å². The van der Waals surface area contributed by atoms with Crippen LogP contribution in [0.2, 0.25) is 0 Å². The van der Waals surface area contributed by atoms with Crippen LogP contribution in [0.4, 0.5) is 0 Å². The molecule has 0 spiro atoms. The van der Waals surface area contributed by atoms with Gasteiger partial charge in [0, 0.05) is 12.2 Å². The molecule has 0 radical (unpaired) electrons. The lowest BCUT2D eigenvalue weighted by atomic mass is 9.85. The third-order valence-electron chi connectivity index (χ3n) is 3.03. The fourth-order valence-corrected chi connectivity index (χ4v) is 1.68. The first-order valence-electron chi connectivity index (χ1n) is 5.23. The quantitative estimate of drug-likeness (QED) is 0.638. The van der Waals surface area contributed by atoms with Crippen LogP contribution in [-0.2, 0) is 16.1 Å². The number of nitrogens with two attached hydrogens (primary N) is 1. The van der Waals surface area contributed by atoms with E-state index in [1.807, 2.05) is 13.0 Å². The summed E-state index contributed by atoms with van der Waals surface area (Å²) in [6.45, 7) is 3.07. The maximum atomic E-state index is 12.0. The molecule has 1 fully saturated rings. The lowest BCUT2D eigenvalue weighted by Crippen LogP contribution is -2.49. The van der Waals surface area contributed by atoms with Crippen LogP contribution in [0.3, 0.4) is 0 Å². The van der Waals surface area contributed by atoms with E-state index < -0.39 is 5.41 Å². The Labute approximate surface area is 93.5 Å². The number of carbonyl (C=O) groups excluding carboxylic acids is 1. The van der Waals surface area contributed by atoms with E-state index in [0.29, 0.717) is 19.8 Å². The van der Waals surface area contributed by atoms with Crippen molar-refractivity contribution in [3.8, 4) is 0 Å². The molecule has 2 rings (SSSR count). The molecule has 0 bridgehead atoms. The second-order valence-electron chi connectivity index (χ2n) is 4.30. The smallest absolute Gasteiger partial charge is 0.230 e. The van der Waals surface area contributed by atoms with Crippen molar-refractivity contribution in [1.29, 1.82) is 0 Å². The van der Waals surface area contributed by atoms with Crippen molar-refractivity contribution in [2.24, 2.45) is 11.1 Å². The Bertz CT molecular complexity index is 365. The van der Waals surface area contributed by atoms with Gasteiger partial charge >= 0.3 is 0 Å². The minimum absolute atomic E-state index is 0.0768. The summed E-state index contributed by atoms with van der Waals surface area (Å²) >= 11 is 0. The summed E-state index contributed by atoms with van der Waals surface area (Å²) < 4.78 is 5.22. The minimum Gasteiger partial charge on any atom is -0.379 e. The highest BCUT2D eigenvalue weighted by Crippen LogP contribution is 2.27. The number of aromatic nitrogens is 2. The number of hydrogen-bond donors (Lipinski definition) is 3. The molecule has 1 saturated heterocycles. The van der Waals surface area contributed by atoms with Crippen LogP contribution in [0.1, 0.15) is 12.6 Å². The third kappa shape index (κ3) is 1.94. The van der Waals surface area contributed by atoms with Crippen LogP contribution in [0.25, 0.3) is 0 Å². The molecule has 0 saturated carbocycles. The first-order chi connectivity index (χ1) is 7.63. The largest absolute Gasteiger partial charge is 0.379 e. The van der Waals surface area contributed by atoms with Gasteiger partial charge in [0.05, 0.1) is 30.9 Å². The molecular formula is C10H16N4O2. The second kappa shape index (κ2) is 4.23. The van der Waals surface area contributed by atoms with Gasteiger partial charge < -0.3 is 15.8 Å². The van der Waals surface area contributed by atoms with Crippen molar-refractivity contribution < 1.29 is 9.53 Å². The molecule has 2 atom stereocenters. The molecule has 1 aromatic heterocycles. The third-order valence-corrected chi connectivity index (χ3v) is 3.03. The SMILES string of the molecule is CC1(C(=O)NCc2ccn[nH]2)COCC1N. The van der Waals surface area contributed by atoms with Crippen LogP contribution in [0.15, 0.2) is 12.3 Å². The molecule has 2 unspecified atom stereocenters. The zero-order valence-corrected chi connectivity index (χ0v) is 9.19. The summed E-state index contributed by atoms with van der Waals surface area (Å²) in [6, 6.07) is 1.57. The number of rotatable bonds is 3. The van der Waals surface area contributed by atoms with Crippen LogP contribution in [0, 0.1) is 5.41 Å². The van der Waals surface area contributed by atoms with E-state index in [9.17, 15) is 4.79 Å².